The van der Waals surface area contributed by atoms with Gasteiger partial charge in [0.15, 0.2) is 5.96 Å². The molecule has 0 saturated carbocycles. The number of carbonyl (C=O) groups is 1. The Labute approximate surface area is 191 Å². The lowest BCUT2D eigenvalue weighted by atomic mass is 10.1. The van der Waals surface area contributed by atoms with Crippen LogP contribution in [0, 0.1) is 6.92 Å². The van der Waals surface area contributed by atoms with Crippen LogP contribution in [-0.4, -0.2) is 42.4 Å². The molecule has 0 radical (unpaired) electrons. The minimum Gasteiger partial charge on any atom is -0.356 e. The normalized spacial score (nSPS) is 11.5. The quantitative estimate of drug-likeness (QED) is 0.333. The van der Waals surface area contributed by atoms with Crippen molar-refractivity contribution < 1.29 is 18.0 Å². The minimum absolute atomic E-state index is 0. The monoisotopic (exact) mass is 535 g/mol. The SMILES string of the molecule is CN=C(NCCC(=O)Nc1ccc(C)cn1)N(C)Cc1ccc(C(F)(F)F)cc1.I. The van der Waals surface area contributed by atoms with E-state index in [0.29, 0.717) is 30.4 Å². The van der Waals surface area contributed by atoms with Crippen LogP contribution >= 0.6 is 24.0 Å². The van der Waals surface area contributed by atoms with Crippen molar-refractivity contribution in [1.82, 2.24) is 15.2 Å². The number of hydrogen-bond donors (Lipinski definition) is 2. The van der Waals surface area contributed by atoms with Gasteiger partial charge in [0.2, 0.25) is 5.91 Å². The lowest BCUT2D eigenvalue weighted by molar-refractivity contribution is -0.137. The lowest BCUT2D eigenvalue weighted by Gasteiger charge is -2.22. The van der Waals surface area contributed by atoms with E-state index in [-0.39, 0.29) is 36.3 Å². The van der Waals surface area contributed by atoms with Crippen LogP contribution < -0.4 is 10.6 Å². The highest BCUT2D eigenvalue weighted by molar-refractivity contribution is 14.0. The second-order valence-electron chi connectivity index (χ2n) is 6.54. The van der Waals surface area contributed by atoms with Gasteiger partial charge in [0.25, 0.3) is 0 Å². The molecular weight excluding hydrogens is 510 g/mol. The summed E-state index contributed by atoms with van der Waals surface area (Å²) in [5.41, 5.74) is 1.04. The Kier molecular flexibility index (Phi) is 10.0. The molecule has 1 amide bonds. The molecule has 0 saturated heterocycles. The van der Waals surface area contributed by atoms with Gasteiger partial charge in [-0.1, -0.05) is 18.2 Å². The fraction of sp³-hybridized carbons (Fsp3) is 0.350. The van der Waals surface area contributed by atoms with Crippen LogP contribution in [0.5, 0.6) is 0 Å². The molecule has 0 unspecified atom stereocenters. The van der Waals surface area contributed by atoms with Gasteiger partial charge in [-0.2, -0.15) is 13.2 Å². The standard InChI is InChI=1S/C20H24F3N5O.HI/c1-14-4-9-17(26-12-14)27-18(29)10-11-25-19(24-2)28(3)13-15-5-7-16(8-6-15)20(21,22)23;/h4-9,12H,10-11,13H2,1-3H3,(H,24,25)(H,26,27,29);1H. The fourth-order valence-corrected chi connectivity index (χ4v) is 2.57. The average Bonchev–Trinajstić information content (AvgIpc) is 2.66. The van der Waals surface area contributed by atoms with Crippen LogP contribution in [0.1, 0.15) is 23.1 Å². The number of hydrogen-bond acceptors (Lipinski definition) is 3. The molecule has 0 aliphatic heterocycles. The minimum atomic E-state index is -4.35. The third-order valence-corrected chi connectivity index (χ3v) is 4.09. The summed E-state index contributed by atoms with van der Waals surface area (Å²) in [7, 11) is 3.37. The van der Waals surface area contributed by atoms with Crippen molar-refractivity contribution >= 4 is 41.7 Å². The Morgan fingerprint density at radius 3 is 2.37 bits per heavy atom. The van der Waals surface area contributed by atoms with E-state index >= 15 is 0 Å². The maximum atomic E-state index is 12.6. The molecule has 2 aromatic rings. The van der Waals surface area contributed by atoms with Gasteiger partial charge in [-0.3, -0.25) is 9.79 Å². The molecule has 0 spiro atoms. The van der Waals surface area contributed by atoms with Gasteiger partial charge in [0, 0.05) is 39.8 Å². The predicted octanol–water partition coefficient (Wildman–Crippen LogP) is 4.06. The summed E-state index contributed by atoms with van der Waals surface area (Å²) in [5.74, 6) is 0.838. The first kappa shape index (κ1) is 25.7. The molecule has 164 valence electrons. The number of anilines is 1. The van der Waals surface area contributed by atoms with Crippen molar-refractivity contribution in [2.75, 3.05) is 26.0 Å². The number of amides is 1. The van der Waals surface area contributed by atoms with Crippen molar-refractivity contribution in [2.45, 2.75) is 26.1 Å². The number of aromatic nitrogens is 1. The van der Waals surface area contributed by atoms with Gasteiger partial charge in [-0.05, 0) is 36.2 Å². The Morgan fingerprint density at radius 2 is 1.83 bits per heavy atom. The molecule has 0 bridgehead atoms. The van der Waals surface area contributed by atoms with Gasteiger partial charge >= 0.3 is 6.18 Å². The van der Waals surface area contributed by atoms with E-state index in [1.807, 2.05) is 13.0 Å². The maximum absolute atomic E-state index is 12.6. The van der Waals surface area contributed by atoms with Gasteiger partial charge < -0.3 is 15.5 Å². The first-order valence-electron chi connectivity index (χ1n) is 8.99. The summed E-state index contributed by atoms with van der Waals surface area (Å²) in [6.07, 6.45) is -2.47. The molecule has 0 atom stereocenters. The number of aliphatic imine (C=N–C) groups is 1. The first-order chi connectivity index (χ1) is 13.7. The number of halogens is 4. The Balaban J connectivity index is 0.00000450. The topological polar surface area (TPSA) is 69.6 Å². The molecule has 2 N–H and O–H groups in total. The van der Waals surface area contributed by atoms with Crippen molar-refractivity contribution in [3.63, 3.8) is 0 Å². The number of nitrogens with one attached hydrogen (secondary N) is 2. The van der Waals surface area contributed by atoms with Crippen LogP contribution in [0.4, 0.5) is 19.0 Å². The second-order valence-corrected chi connectivity index (χ2v) is 6.54. The van der Waals surface area contributed by atoms with E-state index in [4.69, 9.17) is 0 Å². The summed E-state index contributed by atoms with van der Waals surface area (Å²) in [6.45, 7) is 2.63. The van der Waals surface area contributed by atoms with E-state index in [1.54, 1.807) is 31.3 Å². The van der Waals surface area contributed by atoms with Crippen LogP contribution in [0.15, 0.2) is 47.6 Å². The summed E-state index contributed by atoms with van der Waals surface area (Å²) in [5, 5.41) is 5.78. The van der Waals surface area contributed by atoms with Crippen molar-refractivity contribution in [1.29, 1.82) is 0 Å². The highest BCUT2D eigenvalue weighted by atomic mass is 127. The van der Waals surface area contributed by atoms with Crippen LogP contribution in [0.2, 0.25) is 0 Å². The van der Waals surface area contributed by atoms with Crippen LogP contribution in [0.3, 0.4) is 0 Å². The molecule has 10 heteroatoms. The van der Waals surface area contributed by atoms with Crippen LogP contribution in [-0.2, 0) is 17.5 Å². The highest BCUT2D eigenvalue weighted by Gasteiger charge is 2.29. The van der Waals surface area contributed by atoms with Crippen molar-refractivity contribution in [2.24, 2.45) is 4.99 Å². The number of pyridine rings is 1. The molecule has 0 aliphatic carbocycles. The van der Waals surface area contributed by atoms with Crippen LogP contribution in [0.25, 0.3) is 0 Å². The molecule has 0 aliphatic rings. The third kappa shape index (κ3) is 8.17. The summed E-state index contributed by atoms with van der Waals surface area (Å²) >= 11 is 0. The zero-order valence-corrected chi connectivity index (χ0v) is 19.3. The van der Waals surface area contributed by atoms with E-state index in [1.165, 1.54) is 12.1 Å². The number of carbonyl (C=O) groups excluding carboxylic acids is 1. The summed E-state index contributed by atoms with van der Waals surface area (Å²) in [4.78, 5) is 22.0. The molecule has 1 aromatic carbocycles. The Morgan fingerprint density at radius 1 is 1.17 bits per heavy atom. The maximum Gasteiger partial charge on any atom is 0.416 e. The Hall–Kier alpha value is -2.37. The van der Waals surface area contributed by atoms with E-state index in [0.717, 1.165) is 17.7 Å². The average molecular weight is 535 g/mol. The van der Waals surface area contributed by atoms with Crippen molar-refractivity contribution in [3.8, 4) is 0 Å². The van der Waals surface area contributed by atoms with E-state index < -0.39 is 11.7 Å². The fourth-order valence-electron chi connectivity index (χ4n) is 2.57. The predicted molar refractivity (Wildman–Crippen MR) is 122 cm³/mol. The lowest BCUT2D eigenvalue weighted by Crippen LogP contribution is -2.39. The largest absolute Gasteiger partial charge is 0.416 e. The molecule has 1 aromatic heterocycles. The van der Waals surface area contributed by atoms with E-state index in [2.05, 4.69) is 20.6 Å². The zero-order valence-electron chi connectivity index (χ0n) is 17.0. The Bertz CT molecular complexity index is 839. The molecule has 0 fully saturated rings. The number of rotatable bonds is 6. The zero-order chi connectivity index (χ0) is 21.4. The number of benzene rings is 1. The number of nitrogens with zero attached hydrogens (tertiary/aromatic N) is 3. The number of aryl methyl sites for hydroxylation is 1. The van der Waals surface area contributed by atoms with Gasteiger partial charge in [0.1, 0.15) is 5.82 Å². The third-order valence-electron chi connectivity index (χ3n) is 4.09. The molecule has 30 heavy (non-hydrogen) atoms. The molecule has 6 nitrogen and oxygen atoms in total. The molecular formula is C20H25F3IN5O. The molecule has 1 heterocycles. The number of guanidine groups is 1. The smallest absolute Gasteiger partial charge is 0.356 e. The van der Waals surface area contributed by atoms with Crippen molar-refractivity contribution in [3.05, 3.63) is 59.3 Å². The second kappa shape index (κ2) is 11.7. The number of alkyl halides is 3. The summed E-state index contributed by atoms with van der Waals surface area (Å²) in [6, 6.07) is 8.59. The summed E-state index contributed by atoms with van der Waals surface area (Å²) < 4.78 is 37.9. The molecule has 2 rings (SSSR count). The van der Waals surface area contributed by atoms with E-state index in [9.17, 15) is 18.0 Å². The first-order valence-corrected chi connectivity index (χ1v) is 8.99. The van der Waals surface area contributed by atoms with Gasteiger partial charge in [-0.15, -0.1) is 24.0 Å². The highest BCUT2D eigenvalue weighted by Crippen LogP contribution is 2.29. The van der Waals surface area contributed by atoms with Gasteiger partial charge in [0.05, 0.1) is 5.56 Å². The van der Waals surface area contributed by atoms with Gasteiger partial charge in [-0.25, -0.2) is 4.98 Å².